The van der Waals surface area contributed by atoms with Gasteiger partial charge < -0.3 is 15.4 Å². The summed E-state index contributed by atoms with van der Waals surface area (Å²) in [4.78, 5) is 11.0. The zero-order valence-corrected chi connectivity index (χ0v) is 14.0. The quantitative estimate of drug-likeness (QED) is 0.695. The van der Waals surface area contributed by atoms with E-state index in [-0.39, 0.29) is 20.9 Å². The molecule has 0 spiro atoms. The van der Waals surface area contributed by atoms with Gasteiger partial charge in [0.25, 0.3) is 0 Å². The molecule has 0 aliphatic carbocycles. The van der Waals surface area contributed by atoms with Crippen molar-refractivity contribution in [1.29, 1.82) is 0 Å². The fourth-order valence-electron chi connectivity index (χ4n) is 2.87. The standard InChI is InChI=1S/C17H15FN2O4S/c1-10-17(25(23,24)13-5-3-12(19)4-6-13)14-8-11(18)2-7-15(14)20(10)9-16(21)22/h2-8H,9,19H2,1H3,(H,21,22). The molecule has 2 aromatic carbocycles. The molecule has 0 saturated heterocycles. The Balaban J connectivity index is 2.35. The third-order valence-corrected chi connectivity index (χ3v) is 5.93. The molecule has 8 heteroatoms. The van der Waals surface area contributed by atoms with E-state index >= 15 is 0 Å². The highest BCUT2D eigenvalue weighted by Crippen LogP contribution is 2.34. The van der Waals surface area contributed by atoms with Gasteiger partial charge in [0.15, 0.2) is 0 Å². The minimum atomic E-state index is -3.98. The summed E-state index contributed by atoms with van der Waals surface area (Å²) in [5.41, 5.74) is 6.58. The van der Waals surface area contributed by atoms with Crippen LogP contribution in [0, 0.1) is 12.7 Å². The number of anilines is 1. The lowest BCUT2D eigenvalue weighted by molar-refractivity contribution is -0.137. The molecule has 3 aromatic rings. The molecule has 0 fully saturated rings. The van der Waals surface area contributed by atoms with E-state index in [4.69, 9.17) is 10.8 Å². The molecule has 0 aliphatic rings. The van der Waals surface area contributed by atoms with Gasteiger partial charge in [-0.25, -0.2) is 12.8 Å². The number of hydrogen-bond acceptors (Lipinski definition) is 4. The van der Waals surface area contributed by atoms with Crippen molar-refractivity contribution in [3.63, 3.8) is 0 Å². The van der Waals surface area contributed by atoms with Gasteiger partial charge in [0.2, 0.25) is 9.84 Å². The normalized spacial score (nSPS) is 11.8. The largest absolute Gasteiger partial charge is 0.480 e. The van der Waals surface area contributed by atoms with Crippen LogP contribution < -0.4 is 5.73 Å². The van der Waals surface area contributed by atoms with Gasteiger partial charge in [-0.15, -0.1) is 0 Å². The van der Waals surface area contributed by atoms with Crippen LogP contribution in [0.1, 0.15) is 5.69 Å². The van der Waals surface area contributed by atoms with Gasteiger partial charge in [-0.3, -0.25) is 4.79 Å². The van der Waals surface area contributed by atoms with E-state index < -0.39 is 28.2 Å². The van der Waals surface area contributed by atoms with E-state index in [9.17, 15) is 17.6 Å². The number of rotatable bonds is 4. The third kappa shape index (κ3) is 2.85. The Kier molecular flexibility index (Phi) is 4.00. The van der Waals surface area contributed by atoms with Crippen LogP contribution in [0.15, 0.2) is 52.3 Å². The Morgan fingerprint density at radius 2 is 1.84 bits per heavy atom. The molecule has 0 atom stereocenters. The Bertz CT molecular complexity index is 1090. The van der Waals surface area contributed by atoms with Gasteiger partial charge in [0.05, 0.1) is 10.4 Å². The first kappa shape index (κ1) is 17.0. The number of nitrogen functional groups attached to an aromatic ring is 1. The van der Waals surface area contributed by atoms with Crippen molar-refractivity contribution in [3.05, 3.63) is 54.0 Å². The second-order valence-corrected chi connectivity index (χ2v) is 7.51. The topological polar surface area (TPSA) is 102 Å². The van der Waals surface area contributed by atoms with Crippen molar-refractivity contribution >= 4 is 32.4 Å². The SMILES string of the molecule is Cc1c(S(=O)(=O)c2ccc(N)cc2)c2cc(F)ccc2n1CC(=O)O. The molecule has 0 saturated carbocycles. The minimum absolute atomic E-state index is 0.00318. The van der Waals surface area contributed by atoms with E-state index in [1.807, 2.05) is 0 Å². The molecule has 1 heterocycles. The van der Waals surface area contributed by atoms with Crippen LogP contribution in [0.25, 0.3) is 10.9 Å². The number of fused-ring (bicyclic) bond motifs is 1. The predicted octanol–water partition coefficient (Wildman–Crippen LogP) is 2.59. The van der Waals surface area contributed by atoms with E-state index in [0.29, 0.717) is 11.2 Å². The maximum Gasteiger partial charge on any atom is 0.323 e. The maximum atomic E-state index is 13.7. The number of carboxylic acids is 1. The summed E-state index contributed by atoms with van der Waals surface area (Å²) in [6, 6.07) is 9.29. The van der Waals surface area contributed by atoms with Crippen LogP contribution in [0.2, 0.25) is 0 Å². The summed E-state index contributed by atoms with van der Waals surface area (Å²) in [5, 5.41) is 9.26. The number of aromatic nitrogens is 1. The Morgan fingerprint density at radius 1 is 1.20 bits per heavy atom. The highest BCUT2D eigenvalue weighted by atomic mass is 32.2. The van der Waals surface area contributed by atoms with Crippen molar-refractivity contribution in [2.75, 3.05) is 5.73 Å². The average molecular weight is 362 g/mol. The maximum absolute atomic E-state index is 13.7. The van der Waals surface area contributed by atoms with Crippen molar-refractivity contribution < 1.29 is 22.7 Å². The Labute approximate surface area is 143 Å². The first-order chi connectivity index (χ1) is 11.7. The molecule has 1 aromatic heterocycles. The minimum Gasteiger partial charge on any atom is -0.480 e. The monoisotopic (exact) mass is 362 g/mol. The number of carboxylic acid groups (broad SMARTS) is 1. The zero-order chi connectivity index (χ0) is 18.4. The van der Waals surface area contributed by atoms with Crippen LogP contribution >= 0.6 is 0 Å². The van der Waals surface area contributed by atoms with Gasteiger partial charge in [0, 0.05) is 16.8 Å². The number of aliphatic carboxylic acids is 1. The van der Waals surface area contributed by atoms with Crippen molar-refractivity contribution in [3.8, 4) is 0 Å². The Hall–Kier alpha value is -2.87. The number of carbonyl (C=O) groups is 1. The molecular weight excluding hydrogens is 347 g/mol. The van der Waals surface area contributed by atoms with Crippen LogP contribution in [0.4, 0.5) is 10.1 Å². The van der Waals surface area contributed by atoms with E-state index in [1.165, 1.54) is 47.9 Å². The van der Waals surface area contributed by atoms with Crippen molar-refractivity contribution in [2.45, 2.75) is 23.3 Å². The number of halogens is 1. The number of nitrogens with zero attached hydrogens (tertiary/aromatic N) is 1. The molecular formula is C17H15FN2O4S. The predicted molar refractivity (Wildman–Crippen MR) is 90.6 cm³/mol. The second kappa shape index (κ2) is 5.89. The van der Waals surface area contributed by atoms with Gasteiger partial charge in [-0.1, -0.05) is 0 Å². The van der Waals surface area contributed by atoms with Gasteiger partial charge >= 0.3 is 5.97 Å². The summed E-state index contributed by atoms with van der Waals surface area (Å²) < 4.78 is 41.2. The highest BCUT2D eigenvalue weighted by molar-refractivity contribution is 7.91. The Morgan fingerprint density at radius 3 is 2.44 bits per heavy atom. The summed E-state index contributed by atoms with van der Waals surface area (Å²) in [7, 11) is -3.98. The smallest absolute Gasteiger partial charge is 0.323 e. The molecule has 0 amide bonds. The molecule has 3 N–H and O–H groups in total. The molecule has 0 aliphatic heterocycles. The van der Waals surface area contributed by atoms with Gasteiger partial charge in [0.1, 0.15) is 17.3 Å². The summed E-state index contributed by atoms with van der Waals surface area (Å²) >= 11 is 0. The fourth-order valence-corrected chi connectivity index (χ4v) is 4.55. The van der Waals surface area contributed by atoms with Crippen LogP contribution in [0.3, 0.4) is 0 Å². The molecule has 0 unspecified atom stereocenters. The number of nitrogens with two attached hydrogens (primary N) is 1. The van der Waals surface area contributed by atoms with E-state index in [1.54, 1.807) is 0 Å². The molecule has 6 nitrogen and oxygen atoms in total. The van der Waals surface area contributed by atoms with Crippen molar-refractivity contribution in [1.82, 2.24) is 4.57 Å². The highest BCUT2D eigenvalue weighted by Gasteiger charge is 2.27. The molecule has 25 heavy (non-hydrogen) atoms. The fraction of sp³-hybridized carbons (Fsp3) is 0.118. The lowest BCUT2D eigenvalue weighted by Crippen LogP contribution is -2.11. The lowest BCUT2D eigenvalue weighted by atomic mass is 10.2. The van der Waals surface area contributed by atoms with Crippen LogP contribution in [-0.4, -0.2) is 24.1 Å². The number of sulfone groups is 1. The summed E-state index contributed by atoms with van der Waals surface area (Å²) in [6.45, 7) is 1.08. The first-order valence-electron chi connectivity index (χ1n) is 7.32. The van der Waals surface area contributed by atoms with Crippen LogP contribution in [-0.2, 0) is 21.2 Å². The number of hydrogen-bond donors (Lipinski definition) is 2. The molecule has 0 bridgehead atoms. The molecule has 130 valence electrons. The average Bonchev–Trinajstić information content (AvgIpc) is 2.79. The summed E-state index contributed by atoms with van der Waals surface area (Å²) in [6.07, 6.45) is 0. The zero-order valence-electron chi connectivity index (χ0n) is 13.2. The lowest BCUT2D eigenvalue weighted by Gasteiger charge is -2.07. The second-order valence-electron chi connectivity index (χ2n) is 5.63. The van der Waals surface area contributed by atoms with Crippen molar-refractivity contribution in [2.24, 2.45) is 0 Å². The molecule has 3 rings (SSSR count). The number of benzene rings is 2. The van der Waals surface area contributed by atoms with Gasteiger partial charge in [-0.2, -0.15) is 0 Å². The third-order valence-electron chi connectivity index (χ3n) is 3.98. The van der Waals surface area contributed by atoms with Crippen LogP contribution in [0.5, 0.6) is 0 Å². The van der Waals surface area contributed by atoms with E-state index in [0.717, 1.165) is 6.07 Å². The first-order valence-corrected chi connectivity index (χ1v) is 8.81. The summed E-state index contributed by atoms with van der Waals surface area (Å²) in [5.74, 6) is -1.73. The molecule has 0 radical (unpaired) electrons. The van der Waals surface area contributed by atoms with E-state index in [2.05, 4.69) is 0 Å². The van der Waals surface area contributed by atoms with Gasteiger partial charge in [-0.05, 0) is 49.4 Å².